The van der Waals surface area contributed by atoms with Crippen LogP contribution in [0.2, 0.25) is 0 Å². The lowest BCUT2D eigenvalue weighted by Crippen LogP contribution is -2.48. The van der Waals surface area contributed by atoms with Crippen molar-refractivity contribution >= 4 is 5.91 Å². The largest absolute Gasteiger partial charge is 0.389 e. The molecule has 5 heteroatoms. The second-order valence-electron chi connectivity index (χ2n) is 7.18. The Morgan fingerprint density at radius 2 is 1.96 bits per heavy atom. The van der Waals surface area contributed by atoms with Crippen molar-refractivity contribution in [2.24, 2.45) is 5.92 Å². The summed E-state index contributed by atoms with van der Waals surface area (Å²) in [5.41, 5.74) is 1.12. The van der Waals surface area contributed by atoms with Gasteiger partial charge in [0.1, 0.15) is 0 Å². The quantitative estimate of drug-likeness (QED) is 0.836. The summed E-state index contributed by atoms with van der Waals surface area (Å²) < 4.78 is 0. The molecule has 1 aliphatic carbocycles. The van der Waals surface area contributed by atoms with Crippen LogP contribution in [0, 0.1) is 5.92 Å². The first kappa shape index (κ1) is 18.5. The maximum Gasteiger partial charge on any atom is 0.226 e. The van der Waals surface area contributed by atoms with Crippen LogP contribution in [0.15, 0.2) is 48.7 Å². The number of hydrogen-bond acceptors (Lipinski definition) is 4. The fourth-order valence-electron chi connectivity index (χ4n) is 4.06. The molecule has 1 aromatic heterocycles. The summed E-state index contributed by atoms with van der Waals surface area (Å²) in [4.78, 5) is 12.7. The number of carbonyl (C=O) groups excluding carboxylic acids is 1. The molecule has 1 fully saturated rings. The predicted molar refractivity (Wildman–Crippen MR) is 100 cm³/mol. The molecule has 1 amide bonds. The SMILES string of the molecule is CCC(C(=O)NCc1cccnn1)C1(O)CCC(c2ccccc2)CC1. The normalized spacial score (nSPS) is 24.0. The van der Waals surface area contributed by atoms with Crippen LogP contribution in [0.4, 0.5) is 0 Å². The zero-order valence-corrected chi connectivity index (χ0v) is 15.3. The molecule has 2 N–H and O–H groups in total. The van der Waals surface area contributed by atoms with Crippen molar-refractivity contribution in [1.82, 2.24) is 15.5 Å². The molecule has 1 aromatic carbocycles. The Kier molecular flexibility index (Phi) is 5.99. The zero-order chi connectivity index (χ0) is 18.4. The summed E-state index contributed by atoms with van der Waals surface area (Å²) in [5, 5.41) is 21.9. The van der Waals surface area contributed by atoms with Crippen LogP contribution in [0.1, 0.15) is 56.2 Å². The van der Waals surface area contributed by atoms with E-state index in [9.17, 15) is 9.90 Å². The minimum absolute atomic E-state index is 0.0983. The number of nitrogens with one attached hydrogen (secondary N) is 1. The van der Waals surface area contributed by atoms with E-state index in [0.717, 1.165) is 18.5 Å². The van der Waals surface area contributed by atoms with Gasteiger partial charge in [0.05, 0.1) is 23.8 Å². The van der Waals surface area contributed by atoms with Crippen molar-refractivity contribution in [3.05, 3.63) is 59.9 Å². The number of aromatic nitrogens is 2. The minimum atomic E-state index is -0.924. The van der Waals surface area contributed by atoms with Gasteiger partial charge in [-0.05, 0) is 55.7 Å². The summed E-state index contributed by atoms with van der Waals surface area (Å²) in [5.74, 6) is -0.0219. The molecular weight excluding hydrogens is 326 g/mol. The summed E-state index contributed by atoms with van der Waals surface area (Å²) in [7, 11) is 0. The van der Waals surface area contributed by atoms with E-state index in [1.54, 1.807) is 12.3 Å². The third-order valence-electron chi connectivity index (χ3n) is 5.57. The van der Waals surface area contributed by atoms with E-state index in [0.29, 0.717) is 31.7 Å². The van der Waals surface area contributed by atoms with Gasteiger partial charge in [-0.15, -0.1) is 0 Å². The fourth-order valence-corrected chi connectivity index (χ4v) is 4.06. The van der Waals surface area contributed by atoms with Gasteiger partial charge >= 0.3 is 0 Å². The van der Waals surface area contributed by atoms with Crippen LogP contribution >= 0.6 is 0 Å². The minimum Gasteiger partial charge on any atom is -0.389 e. The van der Waals surface area contributed by atoms with Crippen molar-refractivity contribution in [3.63, 3.8) is 0 Å². The van der Waals surface area contributed by atoms with Gasteiger partial charge in [0.25, 0.3) is 0 Å². The number of amides is 1. The van der Waals surface area contributed by atoms with Gasteiger partial charge in [-0.2, -0.15) is 10.2 Å². The molecular formula is C21H27N3O2. The third kappa shape index (κ3) is 4.28. The number of nitrogens with zero attached hydrogens (tertiary/aromatic N) is 2. The van der Waals surface area contributed by atoms with E-state index in [-0.39, 0.29) is 5.91 Å². The average molecular weight is 353 g/mol. The first-order chi connectivity index (χ1) is 12.6. The molecule has 0 radical (unpaired) electrons. The lowest BCUT2D eigenvalue weighted by Gasteiger charge is -2.40. The zero-order valence-electron chi connectivity index (χ0n) is 15.3. The number of hydrogen-bond donors (Lipinski definition) is 2. The Hall–Kier alpha value is -2.27. The molecule has 3 rings (SSSR count). The van der Waals surface area contributed by atoms with Crippen LogP contribution in [0.5, 0.6) is 0 Å². The van der Waals surface area contributed by atoms with Crippen molar-refractivity contribution < 1.29 is 9.90 Å². The Morgan fingerprint density at radius 1 is 1.23 bits per heavy atom. The van der Waals surface area contributed by atoms with Gasteiger partial charge < -0.3 is 10.4 Å². The van der Waals surface area contributed by atoms with Crippen molar-refractivity contribution in [1.29, 1.82) is 0 Å². The first-order valence-corrected chi connectivity index (χ1v) is 9.44. The Morgan fingerprint density at radius 3 is 2.58 bits per heavy atom. The van der Waals surface area contributed by atoms with Crippen LogP contribution < -0.4 is 5.32 Å². The summed E-state index contributed by atoms with van der Waals surface area (Å²) in [6.45, 7) is 2.31. The maximum atomic E-state index is 12.7. The van der Waals surface area contributed by atoms with Gasteiger partial charge in [0.2, 0.25) is 5.91 Å². The number of benzene rings is 1. The lowest BCUT2D eigenvalue weighted by atomic mass is 9.69. The fraction of sp³-hybridized carbons (Fsp3) is 0.476. The number of carbonyl (C=O) groups is 1. The van der Waals surface area contributed by atoms with Crippen LogP contribution in [-0.2, 0) is 11.3 Å². The van der Waals surface area contributed by atoms with Gasteiger partial charge in [0.15, 0.2) is 0 Å². The second-order valence-corrected chi connectivity index (χ2v) is 7.18. The van der Waals surface area contributed by atoms with E-state index < -0.39 is 11.5 Å². The lowest BCUT2D eigenvalue weighted by molar-refractivity contribution is -0.138. The van der Waals surface area contributed by atoms with Crippen molar-refractivity contribution in [2.45, 2.75) is 57.1 Å². The summed E-state index contributed by atoms with van der Waals surface area (Å²) in [6, 6.07) is 14.1. The highest BCUT2D eigenvalue weighted by Crippen LogP contribution is 2.42. The molecule has 0 spiro atoms. The van der Waals surface area contributed by atoms with Gasteiger partial charge in [-0.1, -0.05) is 37.3 Å². The van der Waals surface area contributed by atoms with Gasteiger partial charge in [-0.25, -0.2) is 0 Å². The van der Waals surface area contributed by atoms with E-state index in [2.05, 4.69) is 39.8 Å². The highest BCUT2D eigenvalue weighted by atomic mass is 16.3. The average Bonchev–Trinajstić information content (AvgIpc) is 2.69. The van der Waals surface area contributed by atoms with Gasteiger partial charge in [-0.3, -0.25) is 4.79 Å². The van der Waals surface area contributed by atoms with E-state index in [1.165, 1.54) is 5.56 Å². The van der Waals surface area contributed by atoms with E-state index >= 15 is 0 Å². The first-order valence-electron chi connectivity index (χ1n) is 9.44. The standard InChI is InChI=1S/C21H27N3O2/c1-2-19(20(25)22-15-18-9-6-14-23-24-18)21(26)12-10-17(11-13-21)16-7-4-3-5-8-16/h3-9,14,17,19,26H,2,10-13,15H2,1H3,(H,22,25). The summed E-state index contributed by atoms with van der Waals surface area (Å²) in [6.07, 6.45) is 5.36. The molecule has 1 atom stereocenters. The smallest absolute Gasteiger partial charge is 0.226 e. The molecule has 1 saturated carbocycles. The van der Waals surface area contributed by atoms with Crippen molar-refractivity contribution in [3.8, 4) is 0 Å². The van der Waals surface area contributed by atoms with E-state index in [4.69, 9.17) is 0 Å². The van der Waals surface area contributed by atoms with Crippen LogP contribution in [0.25, 0.3) is 0 Å². The maximum absolute atomic E-state index is 12.7. The molecule has 2 aromatic rings. The molecule has 26 heavy (non-hydrogen) atoms. The monoisotopic (exact) mass is 353 g/mol. The number of aliphatic hydroxyl groups is 1. The molecule has 138 valence electrons. The molecule has 1 aliphatic rings. The number of rotatable bonds is 6. The highest BCUT2D eigenvalue weighted by molar-refractivity contribution is 5.79. The molecule has 0 bridgehead atoms. The Labute approximate surface area is 154 Å². The second kappa shape index (κ2) is 8.41. The molecule has 0 saturated heterocycles. The third-order valence-corrected chi connectivity index (χ3v) is 5.57. The van der Waals surface area contributed by atoms with Crippen molar-refractivity contribution in [2.75, 3.05) is 0 Å². The molecule has 0 aliphatic heterocycles. The molecule has 1 heterocycles. The van der Waals surface area contributed by atoms with Gasteiger partial charge in [0, 0.05) is 6.20 Å². The topological polar surface area (TPSA) is 75.1 Å². The highest BCUT2D eigenvalue weighted by Gasteiger charge is 2.43. The Bertz CT molecular complexity index is 698. The summed E-state index contributed by atoms with van der Waals surface area (Å²) >= 11 is 0. The van der Waals surface area contributed by atoms with E-state index in [1.807, 2.05) is 19.1 Å². The molecule has 5 nitrogen and oxygen atoms in total. The van der Waals surface area contributed by atoms with Crippen LogP contribution in [0.3, 0.4) is 0 Å². The Balaban J connectivity index is 1.59. The predicted octanol–water partition coefficient (Wildman–Crippen LogP) is 3.21. The van der Waals surface area contributed by atoms with Crippen LogP contribution in [-0.4, -0.2) is 26.8 Å². The molecule has 1 unspecified atom stereocenters.